The van der Waals surface area contributed by atoms with Crippen molar-refractivity contribution in [2.45, 2.75) is 6.42 Å². The van der Waals surface area contributed by atoms with E-state index >= 15 is 0 Å². The molecule has 0 spiro atoms. The maximum atomic E-state index is 11.2. The van der Waals surface area contributed by atoms with Crippen molar-refractivity contribution in [1.29, 1.82) is 0 Å². The van der Waals surface area contributed by atoms with Gasteiger partial charge in [0, 0.05) is 11.9 Å². The van der Waals surface area contributed by atoms with Crippen molar-refractivity contribution in [3.8, 4) is 11.5 Å². The summed E-state index contributed by atoms with van der Waals surface area (Å²) in [7, 11) is 0. The summed E-state index contributed by atoms with van der Waals surface area (Å²) in [5.74, 6) is 0.154. The van der Waals surface area contributed by atoms with E-state index in [4.69, 9.17) is 9.84 Å². The van der Waals surface area contributed by atoms with Crippen molar-refractivity contribution < 1.29 is 19.7 Å². The van der Waals surface area contributed by atoms with Gasteiger partial charge in [-0.05, 0) is 65.4 Å². The molecule has 0 aliphatic carbocycles. The van der Waals surface area contributed by atoms with Gasteiger partial charge in [-0.1, -0.05) is 66.7 Å². The molecular formula is C29H27NO4. The van der Waals surface area contributed by atoms with Crippen LogP contribution in [-0.4, -0.2) is 35.9 Å². The number of rotatable bonds is 10. The first-order chi connectivity index (χ1) is 16.6. The molecule has 5 nitrogen and oxygen atoms in total. The van der Waals surface area contributed by atoms with Gasteiger partial charge in [0.2, 0.25) is 0 Å². The molecule has 0 saturated carbocycles. The van der Waals surface area contributed by atoms with E-state index in [0.717, 1.165) is 46.2 Å². The molecule has 34 heavy (non-hydrogen) atoms. The van der Waals surface area contributed by atoms with Crippen LogP contribution in [0.4, 0.5) is 0 Å². The fourth-order valence-corrected chi connectivity index (χ4v) is 3.74. The highest BCUT2D eigenvalue weighted by Gasteiger charge is 2.06. The van der Waals surface area contributed by atoms with Gasteiger partial charge in [-0.15, -0.1) is 0 Å². The average molecular weight is 454 g/mol. The number of carboxylic acid groups (broad SMARTS) is 1. The van der Waals surface area contributed by atoms with Crippen molar-refractivity contribution in [1.82, 2.24) is 5.32 Å². The van der Waals surface area contributed by atoms with Gasteiger partial charge >= 0.3 is 5.97 Å². The molecule has 3 N–H and O–H groups in total. The molecule has 4 aromatic rings. The summed E-state index contributed by atoms with van der Waals surface area (Å²) in [5.41, 5.74) is 3.37. The van der Waals surface area contributed by atoms with Crippen LogP contribution in [-0.2, 0) is 6.42 Å². The van der Waals surface area contributed by atoms with Gasteiger partial charge in [0.15, 0.2) is 0 Å². The first-order valence-electron chi connectivity index (χ1n) is 11.2. The molecule has 5 heteroatoms. The Hall–Kier alpha value is -4.09. The number of ether oxygens (including phenoxy) is 1. The quantitative estimate of drug-likeness (QED) is 0.275. The lowest BCUT2D eigenvalue weighted by Gasteiger charge is -2.13. The van der Waals surface area contributed by atoms with Crippen molar-refractivity contribution in [3.63, 3.8) is 0 Å². The molecule has 0 saturated heterocycles. The highest BCUT2D eigenvalue weighted by Crippen LogP contribution is 2.25. The first-order valence-corrected chi connectivity index (χ1v) is 11.2. The second kappa shape index (κ2) is 11.2. The van der Waals surface area contributed by atoms with E-state index in [2.05, 4.69) is 23.5 Å². The molecule has 172 valence electrons. The van der Waals surface area contributed by atoms with Crippen LogP contribution in [0.5, 0.6) is 11.5 Å². The number of phenolic OH excluding ortho intramolecular Hbond substituents is 1. The van der Waals surface area contributed by atoms with Gasteiger partial charge in [-0.3, -0.25) is 0 Å². The molecule has 0 aromatic heterocycles. The predicted octanol–water partition coefficient (Wildman–Crippen LogP) is 5.54. The summed E-state index contributed by atoms with van der Waals surface area (Å²) in [4.78, 5) is 11.2. The number of hydrogen-bond donors (Lipinski definition) is 3. The van der Waals surface area contributed by atoms with Crippen LogP contribution < -0.4 is 10.1 Å². The molecule has 0 unspecified atom stereocenters. The lowest BCUT2D eigenvalue weighted by atomic mass is 10.1. The third-order valence-electron chi connectivity index (χ3n) is 5.57. The van der Waals surface area contributed by atoms with Crippen molar-refractivity contribution >= 4 is 22.8 Å². The molecule has 0 amide bonds. The smallest absolute Gasteiger partial charge is 0.335 e. The van der Waals surface area contributed by atoms with Crippen LogP contribution >= 0.6 is 0 Å². The zero-order valence-corrected chi connectivity index (χ0v) is 18.8. The number of benzene rings is 4. The molecule has 0 heterocycles. The Morgan fingerprint density at radius 1 is 0.882 bits per heavy atom. The highest BCUT2D eigenvalue weighted by atomic mass is 16.5. The van der Waals surface area contributed by atoms with Gasteiger partial charge in [0.1, 0.15) is 18.1 Å². The number of aromatic hydroxyl groups is 1. The lowest BCUT2D eigenvalue weighted by molar-refractivity contribution is 0.0697. The Labute approximate surface area is 199 Å². The maximum absolute atomic E-state index is 11.2. The second-order valence-corrected chi connectivity index (χ2v) is 8.09. The highest BCUT2D eigenvalue weighted by molar-refractivity contribution is 5.88. The molecule has 0 fully saturated rings. The molecule has 0 bridgehead atoms. The van der Waals surface area contributed by atoms with E-state index in [-0.39, 0.29) is 11.3 Å². The minimum Gasteiger partial charge on any atom is -0.508 e. The Balaban J connectivity index is 1.45. The molecular weight excluding hydrogens is 426 g/mol. The minimum absolute atomic E-state index is 0.262. The van der Waals surface area contributed by atoms with Gasteiger partial charge < -0.3 is 20.3 Å². The van der Waals surface area contributed by atoms with Gasteiger partial charge in [0.25, 0.3) is 0 Å². The van der Waals surface area contributed by atoms with Gasteiger partial charge in [-0.25, -0.2) is 4.79 Å². The van der Waals surface area contributed by atoms with Crippen LogP contribution in [0.2, 0.25) is 0 Å². The molecule has 0 aliphatic rings. The largest absolute Gasteiger partial charge is 0.508 e. The molecule has 4 rings (SSSR count). The first kappa shape index (κ1) is 23.1. The summed E-state index contributed by atoms with van der Waals surface area (Å²) in [6.45, 7) is 1.80. The normalized spacial score (nSPS) is 11.5. The average Bonchev–Trinajstić information content (AvgIpc) is 2.86. The Bertz CT molecular complexity index is 1270. The Morgan fingerprint density at radius 3 is 2.38 bits per heavy atom. The molecule has 0 atom stereocenters. The number of nitrogens with one attached hydrogen (secondary N) is 1. The fraction of sp³-hybridized carbons (Fsp3) is 0.138. The minimum atomic E-state index is -0.939. The van der Waals surface area contributed by atoms with Crippen LogP contribution in [0.15, 0.2) is 96.6 Å². The van der Waals surface area contributed by atoms with E-state index in [0.29, 0.717) is 13.2 Å². The summed E-state index contributed by atoms with van der Waals surface area (Å²) in [6.07, 6.45) is 2.87. The zero-order valence-electron chi connectivity index (χ0n) is 18.8. The van der Waals surface area contributed by atoms with Gasteiger partial charge in [0.05, 0.1) is 5.56 Å². The number of fused-ring (bicyclic) bond motifs is 1. The maximum Gasteiger partial charge on any atom is 0.335 e. The van der Waals surface area contributed by atoms with Crippen molar-refractivity contribution in [3.05, 3.63) is 113 Å². The van der Waals surface area contributed by atoms with Gasteiger partial charge in [-0.2, -0.15) is 0 Å². The van der Waals surface area contributed by atoms with Crippen molar-refractivity contribution in [2.24, 2.45) is 0 Å². The number of aromatic carboxylic acids is 1. The van der Waals surface area contributed by atoms with E-state index in [1.165, 1.54) is 0 Å². The molecule has 4 aromatic carbocycles. The number of carbonyl (C=O) groups is 1. The molecule has 0 radical (unpaired) electrons. The Morgan fingerprint density at radius 2 is 1.62 bits per heavy atom. The monoisotopic (exact) mass is 453 g/mol. The second-order valence-electron chi connectivity index (χ2n) is 8.09. The number of carboxylic acids is 1. The topological polar surface area (TPSA) is 78.8 Å². The van der Waals surface area contributed by atoms with E-state index in [1.807, 2.05) is 42.5 Å². The molecule has 0 aliphatic heterocycles. The SMILES string of the molecule is O=C(O)c1ccc(C=C(CNCCc2ccc(O)cc2)COc2cccc3ccccc23)cc1. The van der Waals surface area contributed by atoms with E-state index in [9.17, 15) is 9.90 Å². The number of phenols is 1. The standard InChI is InChI=1S/C29H27NO4/c31-26-14-10-21(11-15-26)16-17-30-19-23(18-22-8-12-25(13-9-22)29(32)33)20-34-28-7-3-5-24-4-1-2-6-27(24)28/h1-15,18,30-31H,16-17,19-20H2,(H,32,33). The van der Waals surface area contributed by atoms with Crippen LogP contribution in [0.1, 0.15) is 21.5 Å². The fourth-order valence-electron chi connectivity index (χ4n) is 3.74. The summed E-state index contributed by atoms with van der Waals surface area (Å²) in [5, 5.41) is 24.2. The predicted molar refractivity (Wildman–Crippen MR) is 136 cm³/mol. The van der Waals surface area contributed by atoms with Crippen molar-refractivity contribution in [2.75, 3.05) is 19.7 Å². The Kier molecular flexibility index (Phi) is 7.58. The zero-order chi connectivity index (χ0) is 23.8. The van der Waals surface area contributed by atoms with E-state index < -0.39 is 5.97 Å². The van der Waals surface area contributed by atoms with Crippen LogP contribution in [0, 0.1) is 0 Å². The summed E-state index contributed by atoms with van der Waals surface area (Å²) < 4.78 is 6.21. The summed E-state index contributed by atoms with van der Waals surface area (Å²) in [6, 6.07) is 28.2. The van der Waals surface area contributed by atoms with Crippen LogP contribution in [0.25, 0.3) is 16.8 Å². The van der Waals surface area contributed by atoms with Crippen LogP contribution in [0.3, 0.4) is 0 Å². The van der Waals surface area contributed by atoms with E-state index in [1.54, 1.807) is 36.4 Å². The summed E-state index contributed by atoms with van der Waals surface area (Å²) >= 11 is 0. The third kappa shape index (κ3) is 6.24. The third-order valence-corrected chi connectivity index (χ3v) is 5.57. The number of hydrogen-bond acceptors (Lipinski definition) is 4. The lowest BCUT2D eigenvalue weighted by Crippen LogP contribution is -2.22.